The molecule has 2 heterocycles. The molecule has 0 atom stereocenters. The number of anilines is 1. The van der Waals surface area contributed by atoms with Crippen molar-refractivity contribution in [2.45, 2.75) is 25.4 Å². The van der Waals surface area contributed by atoms with Crippen LogP contribution in [0.2, 0.25) is 0 Å². The molecule has 2 aromatic heterocycles. The fraction of sp³-hybridized carbons (Fsp3) is 0.200. The van der Waals surface area contributed by atoms with Crippen LogP contribution >= 0.6 is 11.8 Å². The number of benzene rings is 2. The van der Waals surface area contributed by atoms with Crippen molar-refractivity contribution in [3.8, 4) is 22.8 Å². The number of hydrogen-bond donors (Lipinski definition) is 1. The highest BCUT2D eigenvalue weighted by molar-refractivity contribution is 7.99. The molecule has 1 amide bonds. The normalized spacial score (nSPS) is 10.7. The Hall–Kier alpha value is -3.65. The van der Waals surface area contributed by atoms with E-state index in [1.807, 2.05) is 47.9 Å². The smallest absolute Gasteiger partial charge is 0.234 e. The Morgan fingerprint density at radius 2 is 1.70 bits per heavy atom. The second-order valence-electron chi connectivity index (χ2n) is 7.19. The summed E-state index contributed by atoms with van der Waals surface area (Å²) >= 11 is 1.34. The van der Waals surface area contributed by atoms with Crippen molar-refractivity contribution in [1.29, 1.82) is 0 Å². The highest BCUT2D eigenvalue weighted by atomic mass is 32.2. The summed E-state index contributed by atoms with van der Waals surface area (Å²) in [5.74, 6) is 1.56. The van der Waals surface area contributed by atoms with Crippen LogP contribution in [0.3, 0.4) is 0 Å². The van der Waals surface area contributed by atoms with Crippen molar-refractivity contribution in [2.75, 3.05) is 17.7 Å². The lowest BCUT2D eigenvalue weighted by Crippen LogP contribution is -2.14. The fourth-order valence-electron chi connectivity index (χ4n) is 3.29. The molecule has 7 nitrogen and oxygen atoms in total. The van der Waals surface area contributed by atoms with Gasteiger partial charge in [0.1, 0.15) is 5.75 Å². The van der Waals surface area contributed by atoms with Crippen molar-refractivity contribution in [3.05, 3.63) is 78.6 Å². The van der Waals surface area contributed by atoms with Crippen molar-refractivity contribution in [1.82, 2.24) is 19.7 Å². The van der Waals surface area contributed by atoms with Crippen LogP contribution in [0, 0.1) is 0 Å². The molecule has 0 fully saturated rings. The van der Waals surface area contributed by atoms with E-state index in [2.05, 4.69) is 51.7 Å². The average molecular weight is 460 g/mol. The first kappa shape index (κ1) is 22.5. The lowest BCUT2D eigenvalue weighted by Gasteiger charge is -2.11. The lowest BCUT2D eigenvalue weighted by atomic mass is 10.1. The Labute approximate surface area is 197 Å². The minimum absolute atomic E-state index is 0.120. The molecule has 0 radical (unpaired) electrons. The predicted octanol–water partition coefficient (Wildman–Crippen LogP) is 5.02. The summed E-state index contributed by atoms with van der Waals surface area (Å²) in [6, 6.07) is 19.4. The van der Waals surface area contributed by atoms with Crippen LogP contribution in [0.25, 0.3) is 17.1 Å². The predicted molar refractivity (Wildman–Crippen MR) is 131 cm³/mol. The van der Waals surface area contributed by atoms with Crippen LogP contribution in [0.5, 0.6) is 5.75 Å². The minimum Gasteiger partial charge on any atom is -0.494 e. The zero-order valence-corrected chi connectivity index (χ0v) is 19.4. The third-order valence-electron chi connectivity index (χ3n) is 4.96. The maximum atomic E-state index is 12.6. The number of ether oxygens (including phenoxy) is 1. The molecule has 8 heteroatoms. The van der Waals surface area contributed by atoms with Crippen LogP contribution in [-0.4, -0.2) is 38.0 Å². The number of aryl methyl sites for hydroxylation is 1. The standard InChI is InChI=1S/C25H25N5O2S/c1-3-18-5-9-21(10-6-18)30-24(19-13-15-26-16-14-19)28-29-25(30)33-17-23(31)27-20-7-11-22(12-8-20)32-4-2/h5-16H,3-4,17H2,1-2H3,(H,27,31). The number of amides is 1. The topological polar surface area (TPSA) is 81.9 Å². The number of carbonyl (C=O) groups is 1. The van der Waals surface area contributed by atoms with Crippen molar-refractivity contribution >= 4 is 23.4 Å². The quantitative estimate of drug-likeness (QED) is 0.354. The van der Waals surface area contributed by atoms with E-state index in [0.717, 1.165) is 29.1 Å². The van der Waals surface area contributed by atoms with Crippen molar-refractivity contribution < 1.29 is 9.53 Å². The second-order valence-corrected chi connectivity index (χ2v) is 8.13. The molecule has 0 unspecified atom stereocenters. The van der Waals surface area contributed by atoms with Gasteiger partial charge in [0.2, 0.25) is 5.91 Å². The first-order valence-electron chi connectivity index (χ1n) is 10.8. The third-order valence-corrected chi connectivity index (χ3v) is 5.89. The second kappa shape index (κ2) is 10.8. The Bertz CT molecular complexity index is 1190. The van der Waals surface area contributed by atoms with E-state index in [4.69, 9.17) is 4.74 Å². The van der Waals surface area contributed by atoms with E-state index in [-0.39, 0.29) is 11.7 Å². The average Bonchev–Trinajstić information content (AvgIpc) is 3.29. The van der Waals surface area contributed by atoms with Gasteiger partial charge in [0.05, 0.1) is 12.4 Å². The number of nitrogens with one attached hydrogen (secondary N) is 1. The molecule has 0 spiro atoms. The molecule has 33 heavy (non-hydrogen) atoms. The van der Waals surface area contributed by atoms with Crippen LogP contribution in [0.1, 0.15) is 19.4 Å². The zero-order chi connectivity index (χ0) is 23.0. The van der Waals surface area contributed by atoms with E-state index >= 15 is 0 Å². The molecular weight excluding hydrogens is 434 g/mol. The number of hydrogen-bond acceptors (Lipinski definition) is 6. The summed E-state index contributed by atoms with van der Waals surface area (Å²) in [4.78, 5) is 16.7. The molecule has 0 aliphatic carbocycles. The minimum atomic E-state index is -0.120. The molecule has 0 aliphatic rings. The molecule has 2 aromatic carbocycles. The molecule has 4 rings (SSSR count). The molecular formula is C25H25N5O2S. The van der Waals surface area contributed by atoms with E-state index in [1.165, 1.54) is 17.3 Å². The Balaban J connectivity index is 1.53. The summed E-state index contributed by atoms with van der Waals surface area (Å²) in [6.45, 7) is 4.66. The van der Waals surface area contributed by atoms with Gasteiger partial charge < -0.3 is 10.1 Å². The number of rotatable bonds is 9. The summed E-state index contributed by atoms with van der Waals surface area (Å²) < 4.78 is 7.42. The van der Waals surface area contributed by atoms with Gasteiger partial charge in [-0.3, -0.25) is 14.3 Å². The molecule has 0 aliphatic heterocycles. The highest BCUT2D eigenvalue weighted by Crippen LogP contribution is 2.28. The van der Waals surface area contributed by atoms with E-state index < -0.39 is 0 Å². The zero-order valence-electron chi connectivity index (χ0n) is 18.6. The number of thioether (sulfide) groups is 1. The van der Waals surface area contributed by atoms with Gasteiger partial charge in [-0.05, 0) is 67.4 Å². The maximum absolute atomic E-state index is 12.6. The molecule has 168 valence electrons. The molecule has 4 aromatic rings. The van der Waals surface area contributed by atoms with E-state index in [0.29, 0.717) is 17.6 Å². The monoisotopic (exact) mass is 459 g/mol. The summed E-state index contributed by atoms with van der Waals surface area (Å²) in [5.41, 5.74) is 3.82. The number of nitrogens with zero attached hydrogens (tertiary/aromatic N) is 4. The van der Waals surface area contributed by atoms with E-state index in [1.54, 1.807) is 12.4 Å². The first-order valence-corrected chi connectivity index (χ1v) is 11.8. The van der Waals surface area contributed by atoms with Gasteiger partial charge in [0.25, 0.3) is 0 Å². The molecule has 0 bridgehead atoms. The number of aromatic nitrogens is 4. The van der Waals surface area contributed by atoms with Gasteiger partial charge in [0.15, 0.2) is 11.0 Å². The Kier molecular flexibility index (Phi) is 7.36. The summed E-state index contributed by atoms with van der Waals surface area (Å²) in [7, 11) is 0. The molecule has 0 saturated heterocycles. The maximum Gasteiger partial charge on any atom is 0.234 e. The van der Waals surface area contributed by atoms with Crippen LogP contribution in [0.15, 0.2) is 78.2 Å². The van der Waals surface area contributed by atoms with Gasteiger partial charge in [0, 0.05) is 29.3 Å². The fourth-order valence-corrected chi connectivity index (χ4v) is 4.05. The molecule has 0 saturated carbocycles. The van der Waals surface area contributed by atoms with E-state index in [9.17, 15) is 4.79 Å². The van der Waals surface area contributed by atoms with Gasteiger partial charge in [-0.15, -0.1) is 10.2 Å². The highest BCUT2D eigenvalue weighted by Gasteiger charge is 2.17. The van der Waals surface area contributed by atoms with Crippen molar-refractivity contribution in [3.63, 3.8) is 0 Å². The lowest BCUT2D eigenvalue weighted by molar-refractivity contribution is -0.113. The number of pyridine rings is 1. The first-order chi connectivity index (χ1) is 16.2. The summed E-state index contributed by atoms with van der Waals surface area (Å²) in [6.07, 6.45) is 4.42. The van der Waals surface area contributed by atoms with Crippen LogP contribution in [0.4, 0.5) is 5.69 Å². The van der Waals surface area contributed by atoms with Crippen molar-refractivity contribution in [2.24, 2.45) is 0 Å². The van der Waals surface area contributed by atoms with Crippen LogP contribution < -0.4 is 10.1 Å². The SMILES string of the molecule is CCOc1ccc(NC(=O)CSc2nnc(-c3ccncc3)n2-c2ccc(CC)cc2)cc1. The van der Waals surface area contributed by atoms with Gasteiger partial charge >= 0.3 is 0 Å². The largest absolute Gasteiger partial charge is 0.494 e. The van der Waals surface area contributed by atoms with Gasteiger partial charge in [-0.1, -0.05) is 30.8 Å². The molecule has 1 N–H and O–H groups in total. The third kappa shape index (κ3) is 5.59. The summed E-state index contributed by atoms with van der Waals surface area (Å²) in [5, 5.41) is 12.4. The van der Waals surface area contributed by atoms with Gasteiger partial charge in [-0.25, -0.2) is 0 Å². The Morgan fingerprint density at radius 1 is 0.970 bits per heavy atom. The number of carbonyl (C=O) groups excluding carboxylic acids is 1. The Morgan fingerprint density at radius 3 is 2.36 bits per heavy atom. The van der Waals surface area contributed by atoms with Gasteiger partial charge in [-0.2, -0.15) is 0 Å². The van der Waals surface area contributed by atoms with Crippen LogP contribution in [-0.2, 0) is 11.2 Å².